The topological polar surface area (TPSA) is 32.3 Å². The molecule has 2 N–H and O–H groups in total. The number of para-hydroxylation sites is 1. The monoisotopic (exact) mass is 257 g/mol. The maximum Gasteiger partial charge on any atom is 0.138 e. The number of halogens is 1. The molecule has 1 heterocycles. The van der Waals surface area contributed by atoms with Crippen LogP contribution in [0.1, 0.15) is 12.0 Å². The van der Waals surface area contributed by atoms with Crippen molar-refractivity contribution in [3.8, 4) is 5.75 Å². The molecule has 1 saturated heterocycles. The second-order valence-corrected chi connectivity index (χ2v) is 5.67. The van der Waals surface area contributed by atoms with Crippen LogP contribution >= 0.6 is 23.4 Å². The second kappa shape index (κ2) is 5.80. The van der Waals surface area contributed by atoms with Gasteiger partial charge in [-0.25, -0.2) is 0 Å². The van der Waals surface area contributed by atoms with Crippen molar-refractivity contribution in [3.63, 3.8) is 0 Å². The Morgan fingerprint density at radius 3 is 3.12 bits per heavy atom. The van der Waals surface area contributed by atoms with Gasteiger partial charge < -0.3 is 10.4 Å². The van der Waals surface area contributed by atoms with Crippen LogP contribution in [0.15, 0.2) is 18.2 Å². The lowest BCUT2D eigenvalue weighted by Crippen LogP contribution is -2.22. The van der Waals surface area contributed by atoms with Crippen molar-refractivity contribution < 1.29 is 5.11 Å². The highest BCUT2D eigenvalue weighted by Gasteiger charge is 2.14. The molecule has 1 fully saturated rings. The van der Waals surface area contributed by atoms with Crippen molar-refractivity contribution in [1.29, 1.82) is 0 Å². The molecule has 1 unspecified atom stereocenters. The number of aromatic hydroxyl groups is 1. The maximum atomic E-state index is 9.71. The van der Waals surface area contributed by atoms with E-state index in [0.717, 1.165) is 18.0 Å². The van der Waals surface area contributed by atoms with Crippen LogP contribution < -0.4 is 5.32 Å². The number of phenols is 1. The molecule has 4 heteroatoms. The predicted molar refractivity (Wildman–Crippen MR) is 70.3 cm³/mol. The summed E-state index contributed by atoms with van der Waals surface area (Å²) in [6.07, 6.45) is 1.30. The number of hydrogen-bond donors (Lipinski definition) is 2. The fourth-order valence-electron chi connectivity index (χ4n) is 1.86. The zero-order valence-corrected chi connectivity index (χ0v) is 10.7. The molecule has 2 rings (SSSR count). The van der Waals surface area contributed by atoms with Gasteiger partial charge in [-0.2, -0.15) is 11.8 Å². The SMILES string of the molecule is Oc1c(Cl)cccc1CNCC1CCSC1. The fraction of sp³-hybridized carbons (Fsp3) is 0.500. The molecule has 88 valence electrons. The van der Waals surface area contributed by atoms with Gasteiger partial charge in [0.25, 0.3) is 0 Å². The molecule has 0 amide bonds. The van der Waals surface area contributed by atoms with Crippen molar-refractivity contribution >= 4 is 23.4 Å². The zero-order valence-electron chi connectivity index (χ0n) is 9.08. The van der Waals surface area contributed by atoms with E-state index in [4.69, 9.17) is 11.6 Å². The Morgan fingerprint density at radius 2 is 2.38 bits per heavy atom. The van der Waals surface area contributed by atoms with Crippen LogP contribution in [0.4, 0.5) is 0 Å². The van der Waals surface area contributed by atoms with Crippen LogP contribution in [-0.2, 0) is 6.54 Å². The first kappa shape index (κ1) is 12.1. The van der Waals surface area contributed by atoms with Gasteiger partial charge in [0.15, 0.2) is 0 Å². The van der Waals surface area contributed by atoms with Gasteiger partial charge in [0.05, 0.1) is 5.02 Å². The minimum atomic E-state index is 0.206. The molecule has 1 aromatic rings. The van der Waals surface area contributed by atoms with Gasteiger partial charge in [0, 0.05) is 12.1 Å². The Hall–Kier alpha value is -0.380. The van der Waals surface area contributed by atoms with Gasteiger partial charge in [-0.05, 0) is 36.5 Å². The molecular weight excluding hydrogens is 242 g/mol. The van der Waals surface area contributed by atoms with Crippen molar-refractivity contribution in [2.45, 2.75) is 13.0 Å². The Morgan fingerprint density at radius 1 is 1.50 bits per heavy atom. The van der Waals surface area contributed by atoms with E-state index in [1.807, 2.05) is 23.9 Å². The van der Waals surface area contributed by atoms with E-state index in [1.165, 1.54) is 17.9 Å². The Bertz CT molecular complexity index is 353. The van der Waals surface area contributed by atoms with E-state index in [2.05, 4.69) is 5.32 Å². The van der Waals surface area contributed by atoms with E-state index >= 15 is 0 Å². The summed E-state index contributed by atoms with van der Waals surface area (Å²) in [5.41, 5.74) is 0.873. The van der Waals surface area contributed by atoms with Gasteiger partial charge in [-0.1, -0.05) is 23.7 Å². The Labute approximate surface area is 105 Å². The van der Waals surface area contributed by atoms with Gasteiger partial charge >= 0.3 is 0 Å². The third-order valence-electron chi connectivity index (χ3n) is 2.84. The van der Waals surface area contributed by atoms with Crippen LogP contribution in [0.2, 0.25) is 5.02 Å². The predicted octanol–water partition coefficient (Wildman–Crippen LogP) is 2.89. The van der Waals surface area contributed by atoms with Gasteiger partial charge in [-0.3, -0.25) is 0 Å². The average molecular weight is 258 g/mol. The van der Waals surface area contributed by atoms with Crippen LogP contribution in [0.25, 0.3) is 0 Å². The van der Waals surface area contributed by atoms with E-state index in [0.29, 0.717) is 11.6 Å². The summed E-state index contributed by atoms with van der Waals surface area (Å²) >= 11 is 7.86. The van der Waals surface area contributed by atoms with Crippen LogP contribution in [0.5, 0.6) is 5.75 Å². The quantitative estimate of drug-likeness (QED) is 0.870. The van der Waals surface area contributed by atoms with Crippen molar-refractivity contribution in [2.75, 3.05) is 18.1 Å². The number of thioether (sulfide) groups is 1. The number of benzene rings is 1. The summed E-state index contributed by atoms with van der Waals surface area (Å²) < 4.78 is 0. The second-order valence-electron chi connectivity index (χ2n) is 4.11. The third-order valence-corrected chi connectivity index (χ3v) is 4.38. The zero-order chi connectivity index (χ0) is 11.4. The Balaban J connectivity index is 1.82. The van der Waals surface area contributed by atoms with Crippen molar-refractivity contribution in [2.24, 2.45) is 5.92 Å². The van der Waals surface area contributed by atoms with Crippen LogP contribution in [0.3, 0.4) is 0 Å². The normalized spacial score (nSPS) is 20.2. The minimum absolute atomic E-state index is 0.206. The molecule has 1 atom stereocenters. The lowest BCUT2D eigenvalue weighted by molar-refractivity contribution is 0.459. The molecule has 0 aliphatic carbocycles. The summed E-state index contributed by atoms with van der Waals surface area (Å²) in [4.78, 5) is 0. The van der Waals surface area contributed by atoms with E-state index in [-0.39, 0.29) is 5.75 Å². The highest BCUT2D eigenvalue weighted by Crippen LogP contribution is 2.27. The lowest BCUT2D eigenvalue weighted by atomic mass is 10.1. The minimum Gasteiger partial charge on any atom is -0.506 e. The maximum absolute atomic E-state index is 9.71. The molecule has 0 aromatic heterocycles. The molecule has 0 spiro atoms. The van der Waals surface area contributed by atoms with Crippen LogP contribution in [0, 0.1) is 5.92 Å². The largest absolute Gasteiger partial charge is 0.506 e. The van der Waals surface area contributed by atoms with E-state index in [1.54, 1.807) is 6.07 Å². The first-order valence-electron chi connectivity index (χ1n) is 5.52. The molecule has 2 nitrogen and oxygen atoms in total. The average Bonchev–Trinajstić information content (AvgIpc) is 2.77. The number of hydrogen-bond acceptors (Lipinski definition) is 3. The van der Waals surface area contributed by atoms with Crippen molar-refractivity contribution in [1.82, 2.24) is 5.32 Å². The molecule has 16 heavy (non-hydrogen) atoms. The first-order valence-corrected chi connectivity index (χ1v) is 7.05. The molecule has 0 radical (unpaired) electrons. The summed E-state index contributed by atoms with van der Waals surface area (Å²) in [7, 11) is 0. The molecule has 0 bridgehead atoms. The molecule has 1 aromatic carbocycles. The molecule has 1 aliphatic rings. The van der Waals surface area contributed by atoms with E-state index < -0.39 is 0 Å². The fourth-order valence-corrected chi connectivity index (χ4v) is 3.34. The van der Waals surface area contributed by atoms with Crippen LogP contribution in [-0.4, -0.2) is 23.2 Å². The molecular formula is C12H16ClNOS. The van der Waals surface area contributed by atoms with Crippen molar-refractivity contribution in [3.05, 3.63) is 28.8 Å². The highest BCUT2D eigenvalue weighted by atomic mass is 35.5. The summed E-state index contributed by atoms with van der Waals surface area (Å²) in [5.74, 6) is 3.53. The standard InChI is InChI=1S/C12H16ClNOS/c13-11-3-1-2-10(12(11)15)7-14-6-9-4-5-16-8-9/h1-3,9,14-15H,4-8H2. The van der Waals surface area contributed by atoms with Gasteiger partial charge in [0.2, 0.25) is 0 Å². The molecule has 1 aliphatic heterocycles. The third kappa shape index (κ3) is 3.06. The number of phenolic OH excluding ortho intramolecular Hbond substituents is 1. The summed E-state index contributed by atoms with van der Waals surface area (Å²) in [6, 6.07) is 5.47. The smallest absolute Gasteiger partial charge is 0.138 e. The lowest BCUT2D eigenvalue weighted by Gasteiger charge is -2.11. The number of rotatable bonds is 4. The highest BCUT2D eigenvalue weighted by molar-refractivity contribution is 7.99. The summed E-state index contributed by atoms with van der Waals surface area (Å²) in [5, 5.41) is 13.5. The first-order chi connectivity index (χ1) is 7.77. The number of nitrogens with one attached hydrogen (secondary N) is 1. The van der Waals surface area contributed by atoms with E-state index in [9.17, 15) is 5.11 Å². The molecule has 0 saturated carbocycles. The summed E-state index contributed by atoms with van der Waals surface area (Å²) in [6.45, 7) is 1.71. The van der Waals surface area contributed by atoms with Gasteiger partial charge in [0.1, 0.15) is 5.75 Å². The Kier molecular flexibility index (Phi) is 4.38. The van der Waals surface area contributed by atoms with Gasteiger partial charge in [-0.15, -0.1) is 0 Å².